The number of nitro groups is 1. The molecular formula is C14H14N2O4S. The van der Waals surface area contributed by atoms with E-state index in [0.717, 1.165) is 5.56 Å². The van der Waals surface area contributed by atoms with Crippen LogP contribution in [0.15, 0.2) is 53.4 Å². The Kier molecular flexibility index (Phi) is 4.23. The van der Waals surface area contributed by atoms with Crippen LogP contribution in [0.4, 0.5) is 11.4 Å². The molecule has 0 spiro atoms. The second kappa shape index (κ2) is 5.92. The molecule has 0 bridgehead atoms. The molecule has 0 aliphatic heterocycles. The molecule has 0 heterocycles. The Balaban J connectivity index is 2.12. The van der Waals surface area contributed by atoms with Crippen LogP contribution in [0, 0.1) is 10.1 Å². The van der Waals surface area contributed by atoms with Gasteiger partial charge < -0.3 is 5.73 Å². The van der Waals surface area contributed by atoms with Gasteiger partial charge >= 0.3 is 0 Å². The van der Waals surface area contributed by atoms with Gasteiger partial charge in [0.15, 0.2) is 9.84 Å². The van der Waals surface area contributed by atoms with E-state index in [1.807, 2.05) is 0 Å². The van der Waals surface area contributed by atoms with Crippen LogP contribution in [0.25, 0.3) is 0 Å². The average Bonchev–Trinajstić information content (AvgIpc) is 2.46. The number of nitrogens with two attached hydrogens (primary N) is 1. The summed E-state index contributed by atoms with van der Waals surface area (Å²) in [5, 5.41) is 10.5. The smallest absolute Gasteiger partial charge is 0.269 e. The second-order valence-corrected chi connectivity index (χ2v) is 6.61. The van der Waals surface area contributed by atoms with Crippen molar-refractivity contribution in [2.24, 2.45) is 0 Å². The van der Waals surface area contributed by atoms with Crippen LogP contribution >= 0.6 is 0 Å². The topological polar surface area (TPSA) is 103 Å². The van der Waals surface area contributed by atoms with Gasteiger partial charge in [-0.2, -0.15) is 0 Å². The van der Waals surface area contributed by atoms with Gasteiger partial charge in [-0.1, -0.05) is 24.3 Å². The van der Waals surface area contributed by atoms with Crippen molar-refractivity contribution in [3.63, 3.8) is 0 Å². The summed E-state index contributed by atoms with van der Waals surface area (Å²) in [6.07, 6.45) is 0.272. The van der Waals surface area contributed by atoms with E-state index in [0.29, 0.717) is 0 Å². The van der Waals surface area contributed by atoms with Gasteiger partial charge in [-0.15, -0.1) is 0 Å². The van der Waals surface area contributed by atoms with Gasteiger partial charge in [-0.3, -0.25) is 10.1 Å². The predicted molar refractivity (Wildman–Crippen MR) is 79.7 cm³/mol. The van der Waals surface area contributed by atoms with Crippen molar-refractivity contribution in [3.8, 4) is 0 Å². The Hall–Kier alpha value is -2.41. The zero-order chi connectivity index (χ0) is 15.5. The number of rotatable bonds is 5. The summed E-state index contributed by atoms with van der Waals surface area (Å²) in [4.78, 5) is 10.2. The predicted octanol–water partition coefficient (Wildman–Crippen LogP) is 2.19. The highest BCUT2D eigenvalue weighted by molar-refractivity contribution is 7.91. The van der Waals surface area contributed by atoms with Crippen LogP contribution in [0.5, 0.6) is 0 Å². The molecule has 6 nitrogen and oxygen atoms in total. The molecule has 0 aromatic heterocycles. The maximum absolute atomic E-state index is 12.2. The molecule has 0 aliphatic rings. The Labute approximate surface area is 122 Å². The summed E-state index contributed by atoms with van der Waals surface area (Å²) < 4.78 is 24.4. The SMILES string of the molecule is Nc1ccccc1S(=O)(=O)CCc1ccc([N+](=O)[O-])cc1. The van der Waals surface area contributed by atoms with Crippen LogP contribution in [0.3, 0.4) is 0 Å². The number of hydrogen-bond donors (Lipinski definition) is 1. The van der Waals surface area contributed by atoms with Crippen LogP contribution in [-0.2, 0) is 16.3 Å². The van der Waals surface area contributed by atoms with Crippen molar-refractivity contribution in [1.29, 1.82) is 0 Å². The van der Waals surface area contributed by atoms with Crippen molar-refractivity contribution >= 4 is 21.2 Å². The number of sulfone groups is 1. The highest BCUT2D eigenvalue weighted by Crippen LogP contribution is 2.20. The van der Waals surface area contributed by atoms with Gasteiger partial charge in [-0.05, 0) is 24.1 Å². The third-order valence-electron chi connectivity index (χ3n) is 3.06. The number of nitro benzene ring substituents is 1. The molecule has 0 amide bonds. The normalized spacial score (nSPS) is 11.2. The van der Waals surface area contributed by atoms with Crippen molar-refractivity contribution in [2.45, 2.75) is 11.3 Å². The minimum Gasteiger partial charge on any atom is -0.398 e. The minimum absolute atomic E-state index is 0.0195. The number of anilines is 1. The first kappa shape index (κ1) is 15.0. The molecule has 0 aliphatic carbocycles. The zero-order valence-corrected chi connectivity index (χ0v) is 11.9. The molecule has 0 fully saturated rings. The Morgan fingerprint density at radius 2 is 1.67 bits per heavy atom. The van der Waals surface area contributed by atoms with E-state index in [1.165, 1.54) is 18.2 Å². The monoisotopic (exact) mass is 306 g/mol. The first-order valence-corrected chi connectivity index (χ1v) is 7.86. The van der Waals surface area contributed by atoms with E-state index >= 15 is 0 Å². The molecule has 21 heavy (non-hydrogen) atoms. The van der Waals surface area contributed by atoms with Crippen LogP contribution < -0.4 is 5.73 Å². The molecule has 2 aromatic carbocycles. The Bertz CT molecular complexity index is 755. The van der Waals surface area contributed by atoms with Gasteiger partial charge in [0, 0.05) is 12.1 Å². The summed E-state index contributed by atoms with van der Waals surface area (Å²) in [5.41, 5.74) is 6.60. The van der Waals surface area contributed by atoms with Gasteiger partial charge in [0.05, 0.1) is 21.3 Å². The second-order valence-electron chi connectivity index (χ2n) is 4.53. The van der Waals surface area contributed by atoms with Gasteiger partial charge in [-0.25, -0.2) is 8.42 Å². The highest BCUT2D eigenvalue weighted by Gasteiger charge is 2.17. The van der Waals surface area contributed by atoms with Gasteiger partial charge in [0.1, 0.15) is 0 Å². The van der Waals surface area contributed by atoms with E-state index in [1.54, 1.807) is 30.3 Å². The fourth-order valence-electron chi connectivity index (χ4n) is 1.91. The lowest BCUT2D eigenvalue weighted by molar-refractivity contribution is -0.384. The molecule has 0 saturated carbocycles. The first-order valence-electron chi connectivity index (χ1n) is 6.21. The van der Waals surface area contributed by atoms with Crippen molar-refractivity contribution in [1.82, 2.24) is 0 Å². The average molecular weight is 306 g/mol. The maximum atomic E-state index is 12.2. The number of benzene rings is 2. The highest BCUT2D eigenvalue weighted by atomic mass is 32.2. The number of para-hydroxylation sites is 1. The third-order valence-corrected chi connectivity index (χ3v) is 4.84. The van der Waals surface area contributed by atoms with Crippen LogP contribution in [0.2, 0.25) is 0 Å². The summed E-state index contributed by atoms with van der Waals surface area (Å²) in [7, 11) is -3.47. The van der Waals surface area contributed by atoms with E-state index < -0.39 is 14.8 Å². The zero-order valence-electron chi connectivity index (χ0n) is 11.1. The number of hydrogen-bond acceptors (Lipinski definition) is 5. The molecule has 2 aromatic rings. The lowest BCUT2D eigenvalue weighted by atomic mass is 10.1. The van der Waals surface area contributed by atoms with E-state index in [2.05, 4.69) is 0 Å². The Morgan fingerprint density at radius 3 is 2.24 bits per heavy atom. The standard InChI is InChI=1S/C14H14N2O4S/c15-13-3-1-2-4-14(13)21(19,20)10-9-11-5-7-12(8-6-11)16(17)18/h1-8H,9-10,15H2. The largest absolute Gasteiger partial charge is 0.398 e. The van der Waals surface area contributed by atoms with E-state index in [4.69, 9.17) is 5.73 Å². The summed E-state index contributed by atoms with van der Waals surface area (Å²) >= 11 is 0. The molecular weight excluding hydrogens is 292 g/mol. The molecule has 0 unspecified atom stereocenters. The lowest BCUT2D eigenvalue weighted by Gasteiger charge is -2.07. The fourth-order valence-corrected chi connectivity index (χ4v) is 3.35. The van der Waals surface area contributed by atoms with Gasteiger partial charge in [0.2, 0.25) is 0 Å². The number of nitrogen functional groups attached to an aromatic ring is 1. The molecule has 0 radical (unpaired) electrons. The first-order chi connectivity index (χ1) is 9.90. The molecule has 2 rings (SSSR count). The fraction of sp³-hybridized carbons (Fsp3) is 0.143. The molecule has 7 heteroatoms. The lowest BCUT2D eigenvalue weighted by Crippen LogP contribution is -2.11. The van der Waals surface area contributed by atoms with E-state index in [-0.39, 0.29) is 28.4 Å². The van der Waals surface area contributed by atoms with Crippen molar-refractivity contribution < 1.29 is 13.3 Å². The quantitative estimate of drug-likeness (QED) is 0.518. The number of aryl methyl sites for hydroxylation is 1. The Morgan fingerprint density at radius 1 is 1.05 bits per heavy atom. The number of non-ortho nitro benzene ring substituents is 1. The maximum Gasteiger partial charge on any atom is 0.269 e. The summed E-state index contributed by atoms with van der Waals surface area (Å²) in [6.45, 7) is 0. The third kappa shape index (κ3) is 3.57. The molecule has 2 N–H and O–H groups in total. The molecule has 110 valence electrons. The molecule has 0 saturated heterocycles. The van der Waals surface area contributed by atoms with E-state index in [9.17, 15) is 18.5 Å². The summed E-state index contributed by atoms with van der Waals surface area (Å²) in [6, 6.07) is 12.1. The molecule has 0 atom stereocenters. The minimum atomic E-state index is -3.47. The van der Waals surface area contributed by atoms with Crippen LogP contribution in [-0.4, -0.2) is 19.1 Å². The van der Waals surface area contributed by atoms with Crippen LogP contribution in [0.1, 0.15) is 5.56 Å². The van der Waals surface area contributed by atoms with Gasteiger partial charge in [0.25, 0.3) is 5.69 Å². The summed E-state index contributed by atoms with van der Waals surface area (Å²) in [5.74, 6) is -0.0982. The number of nitrogens with zero attached hydrogens (tertiary/aromatic N) is 1. The van der Waals surface area contributed by atoms with Crippen molar-refractivity contribution in [3.05, 3.63) is 64.2 Å². The van der Waals surface area contributed by atoms with Crippen molar-refractivity contribution in [2.75, 3.05) is 11.5 Å².